The van der Waals surface area contributed by atoms with Crippen LogP contribution in [0.3, 0.4) is 0 Å². The molecule has 168 valence electrons. The van der Waals surface area contributed by atoms with E-state index in [2.05, 4.69) is 65.5 Å². The van der Waals surface area contributed by atoms with E-state index in [0.717, 1.165) is 17.1 Å². The zero-order valence-electron chi connectivity index (χ0n) is 19.9. The van der Waals surface area contributed by atoms with Crippen molar-refractivity contribution in [2.24, 2.45) is 35.0 Å². The lowest BCUT2D eigenvalue weighted by molar-refractivity contribution is 0.0862. The van der Waals surface area contributed by atoms with E-state index in [0.29, 0.717) is 41.9 Å². The molecule has 0 spiro atoms. The molecule has 0 heterocycles. The summed E-state index contributed by atoms with van der Waals surface area (Å²) in [5.41, 5.74) is 3.77. The standard InChI is InChI=1S/C28H44O2/c1-18(2)19(3)9-10-20(4)25-13-14-26-22(8-7-15-28(25,26)6)11-12-23-16-24(29)17-27(30)21(23)5/h9-12,18-20,24-27,29-30H,5,7-8,13-17H2,1-4,6H3/t19?,20?,24?,25?,26?,27?,28-/m1/s1. The van der Waals surface area contributed by atoms with Crippen molar-refractivity contribution in [3.63, 3.8) is 0 Å². The highest BCUT2D eigenvalue weighted by Crippen LogP contribution is 2.59. The fraction of sp³-hybridized carbons (Fsp3) is 0.714. The largest absolute Gasteiger partial charge is 0.393 e. The van der Waals surface area contributed by atoms with Crippen LogP contribution < -0.4 is 0 Å². The van der Waals surface area contributed by atoms with E-state index in [4.69, 9.17) is 0 Å². The fourth-order valence-electron chi connectivity index (χ4n) is 6.32. The first-order chi connectivity index (χ1) is 14.1. The number of hydrogen-bond acceptors (Lipinski definition) is 2. The highest BCUT2D eigenvalue weighted by molar-refractivity contribution is 5.38. The lowest BCUT2D eigenvalue weighted by Gasteiger charge is -2.44. The molecule has 3 aliphatic rings. The molecule has 0 amide bonds. The summed E-state index contributed by atoms with van der Waals surface area (Å²) in [6.45, 7) is 16.0. The summed E-state index contributed by atoms with van der Waals surface area (Å²) in [6.07, 6.45) is 15.8. The Morgan fingerprint density at radius 3 is 2.50 bits per heavy atom. The van der Waals surface area contributed by atoms with Crippen LogP contribution in [0.1, 0.15) is 79.6 Å². The molecule has 0 aromatic carbocycles. The van der Waals surface area contributed by atoms with E-state index >= 15 is 0 Å². The van der Waals surface area contributed by atoms with Crippen molar-refractivity contribution in [1.29, 1.82) is 0 Å². The summed E-state index contributed by atoms with van der Waals surface area (Å²) in [5.74, 6) is 3.38. The molecule has 0 saturated heterocycles. The van der Waals surface area contributed by atoms with Crippen molar-refractivity contribution < 1.29 is 10.2 Å². The Kier molecular flexibility index (Phi) is 7.51. The van der Waals surface area contributed by atoms with E-state index in [-0.39, 0.29) is 0 Å². The van der Waals surface area contributed by atoms with Crippen LogP contribution in [0.15, 0.2) is 47.6 Å². The van der Waals surface area contributed by atoms with Gasteiger partial charge in [-0.2, -0.15) is 0 Å². The Labute approximate surface area is 184 Å². The van der Waals surface area contributed by atoms with Gasteiger partial charge in [0.25, 0.3) is 0 Å². The third-order valence-electron chi connectivity index (χ3n) is 8.71. The van der Waals surface area contributed by atoms with Crippen LogP contribution >= 0.6 is 0 Å². The molecule has 2 heteroatoms. The molecule has 0 aromatic rings. The molecule has 0 bridgehead atoms. The minimum absolute atomic E-state index is 0.385. The Hall–Kier alpha value is -1.12. The van der Waals surface area contributed by atoms with Gasteiger partial charge < -0.3 is 10.2 Å². The molecule has 3 rings (SSSR count). The lowest BCUT2D eigenvalue weighted by Crippen LogP contribution is -2.35. The number of fused-ring (bicyclic) bond motifs is 1. The highest BCUT2D eigenvalue weighted by Gasteiger charge is 2.50. The average molecular weight is 413 g/mol. The van der Waals surface area contributed by atoms with Crippen molar-refractivity contribution in [2.75, 3.05) is 0 Å². The predicted octanol–water partition coefficient (Wildman–Crippen LogP) is 6.61. The van der Waals surface area contributed by atoms with E-state index in [1.165, 1.54) is 32.1 Å². The van der Waals surface area contributed by atoms with E-state index < -0.39 is 12.2 Å². The topological polar surface area (TPSA) is 40.5 Å². The van der Waals surface area contributed by atoms with Gasteiger partial charge in [-0.15, -0.1) is 0 Å². The van der Waals surface area contributed by atoms with Gasteiger partial charge in [-0.3, -0.25) is 0 Å². The van der Waals surface area contributed by atoms with Gasteiger partial charge in [-0.05, 0) is 84.7 Å². The summed E-state index contributed by atoms with van der Waals surface area (Å²) in [5, 5.41) is 20.2. The van der Waals surface area contributed by atoms with Crippen molar-refractivity contribution in [1.82, 2.24) is 0 Å². The molecular formula is C28H44O2. The van der Waals surface area contributed by atoms with Gasteiger partial charge in [-0.1, -0.05) is 71.1 Å². The van der Waals surface area contributed by atoms with E-state index in [9.17, 15) is 10.2 Å². The second-order valence-electron chi connectivity index (χ2n) is 11.0. The summed E-state index contributed by atoms with van der Waals surface area (Å²) in [4.78, 5) is 0. The normalized spacial score (nSPS) is 39.8. The summed E-state index contributed by atoms with van der Waals surface area (Å²) >= 11 is 0. The molecule has 0 aliphatic heterocycles. The quantitative estimate of drug-likeness (QED) is 0.499. The predicted molar refractivity (Wildman–Crippen MR) is 127 cm³/mol. The van der Waals surface area contributed by atoms with Crippen LogP contribution in [-0.4, -0.2) is 22.4 Å². The van der Waals surface area contributed by atoms with Crippen molar-refractivity contribution in [3.05, 3.63) is 47.6 Å². The second-order valence-corrected chi connectivity index (χ2v) is 11.0. The maximum atomic E-state index is 10.1. The SMILES string of the molecule is C=C1C(=CC=C2CCC[C@@]3(C)C2CCC3C(C)C=CC(C)C(C)C)CC(O)CC1O. The van der Waals surface area contributed by atoms with Crippen molar-refractivity contribution >= 4 is 0 Å². The third kappa shape index (κ3) is 4.86. The highest BCUT2D eigenvalue weighted by atomic mass is 16.3. The Morgan fingerprint density at radius 2 is 1.80 bits per heavy atom. The van der Waals surface area contributed by atoms with Gasteiger partial charge >= 0.3 is 0 Å². The van der Waals surface area contributed by atoms with Crippen LogP contribution in [0.25, 0.3) is 0 Å². The maximum absolute atomic E-state index is 10.1. The molecule has 3 saturated carbocycles. The summed E-state index contributed by atoms with van der Waals surface area (Å²) < 4.78 is 0. The second kappa shape index (κ2) is 9.57. The number of hydrogen-bond donors (Lipinski definition) is 2. The molecule has 7 atom stereocenters. The van der Waals surface area contributed by atoms with Gasteiger partial charge in [0, 0.05) is 6.42 Å². The van der Waals surface area contributed by atoms with Crippen LogP contribution in [-0.2, 0) is 0 Å². The van der Waals surface area contributed by atoms with Crippen molar-refractivity contribution in [3.8, 4) is 0 Å². The Bertz CT molecular complexity index is 712. The first-order valence-corrected chi connectivity index (χ1v) is 12.3. The zero-order chi connectivity index (χ0) is 22.1. The van der Waals surface area contributed by atoms with Crippen LogP contribution in [0.5, 0.6) is 0 Å². The molecule has 0 radical (unpaired) electrons. The number of aliphatic hydroxyl groups excluding tert-OH is 2. The zero-order valence-corrected chi connectivity index (χ0v) is 19.9. The smallest absolute Gasteiger partial charge is 0.0811 e. The molecule has 2 N–H and O–H groups in total. The lowest BCUT2D eigenvalue weighted by atomic mass is 9.61. The van der Waals surface area contributed by atoms with Gasteiger partial charge in [0.05, 0.1) is 12.2 Å². The summed E-state index contributed by atoms with van der Waals surface area (Å²) in [7, 11) is 0. The first kappa shape index (κ1) is 23.5. The van der Waals surface area contributed by atoms with Crippen LogP contribution in [0.4, 0.5) is 0 Å². The first-order valence-electron chi connectivity index (χ1n) is 12.3. The van der Waals surface area contributed by atoms with Gasteiger partial charge in [0.15, 0.2) is 0 Å². The van der Waals surface area contributed by atoms with E-state index in [1.54, 1.807) is 5.57 Å². The number of rotatable bonds is 5. The summed E-state index contributed by atoms with van der Waals surface area (Å²) in [6, 6.07) is 0. The van der Waals surface area contributed by atoms with Gasteiger partial charge in [-0.25, -0.2) is 0 Å². The van der Waals surface area contributed by atoms with Crippen LogP contribution in [0, 0.1) is 35.0 Å². The fourth-order valence-corrected chi connectivity index (χ4v) is 6.32. The molecule has 2 nitrogen and oxygen atoms in total. The molecule has 0 aromatic heterocycles. The molecular weight excluding hydrogens is 368 g/mol. The third-order valence-corrected chi connectivity index (χ3v) is 8.71. The molecule has 30 heavy (non-hydrogen) atoms. The monoisotopic (exact) mass is 412 g/mol. The number of allylic oxidation sites excluding steroid dienone is 5. The van der Waals surface area contributed by atoms with Crippen molar-refractivity contribution in [2.45, 2.75) is 91.8 Å². The maximum Gasteiger partial charge on any atom is 0.0811 e. The van der Waals surface area contributed by atoms with Gasteiger partial charge in [0.2, 0.25) is 0 Å². The molecule has 3 aliphatic carbocycles. The molecule has 3 fully saturated rings. The minimum Gasteiger partial charge on any atom is -0.393 e. The van der Waals surface area contributed by atoms with Gasteiger partial charge in [0.1, 0.15) is 0 Å². The molecule has 6 unspecified atom stereocenters. The van der Waals surface area contributed by atoms with E-state index in [1.807, 2.05) is 0 Å². The average Bonchev–Trinajstić information content (AvgIpc) is 3.04. The minimum atomic E-state index is -0.605. The number of aliphatic hydroxyl groups is 2. The Morgan fingerprint density at radius 1 is 1.07 bits per heavy atom. The van der Waals surface area contributed by atoms with Crippen LogP contribution in [0.2, 0.25) is 0 Å². The Balaban J connectivity index is 1.76.